The van der Waals surface area contributed by atoms with Crippen LogP contribution in [0.2, 0.25) is 0 Å². The Morgan fingerprint density at radius 2 is 2.33 bits per heavy atom. The number of imidazole rings is 1. The predicted molar refractivity (Wildman–Crippen MR) is 77.4 cm³/mol. The van der Waals surface area contributed by atoms with Crippen molar-refractivity contribution in [2.24, 2.45) is 0 Å². The van der Waals surface area contributed by atoms with Crippen molar-refractivity contribution in [3.8, 4) is 17.5 Å². The maximum atomic E-state index is 8.93. The van der Waals surface area contributed by atoms with Crippen molar-refractivity contribution in [3.63, 3.8) is 0 Å². The van der Waals surface area contributed by atoms with E-state index in [1.807, 2.05) is 10.8 Å². The molecule has 6 heteroatoms. The molecule has 6 nitrogen and oxygen atoms in total. The van der Waals surface area contributed by atoms with Gasteiger partial charge < -0.3 is 14.2 Å². The lowest BCUT2D eigenvalue weighted by atomic mass is 10.2. The first-order valence-corrected chi connectivity index (χ1v) is 6.93. The molecule has 1 aliphatic rings. The van der Waals surface area contributed by atoms with Crippen LogP contribution in [0, 0.1) is 11.3 Å². The zero-order valence-corrected chi connectivity index (χ0v) is 11.9. The van der Waals surface area contributed by atoms with E-state index in [0.29, 0.717) is 5.56 Å². The maximum absolute atomic E-state index is 8.93. The molecule has 0 aliphatic carbocycles. The van der Waals surface area contributed by atoms with Gasteiger partial charge in [-0.1, -0.05) is 0 Å². The average molecular weight is 283 g/mol. The number of likely N-dealkylation sites (N-methyl/N-ethyl adjacent to an activating group) is 1. The maximum Gasteiger partial charge on any atom is 0.107 e. The van der Waals surface area contributed by atoms with E-state index in [9.17, 15) is 0 Å². The summed E-state index contributed by atoms with van der Waals surface area (Å²) >= 11 is 0. The molecule has 1 atom stereocenters. The third-order valence-electron chi connectivity index (χ3n) is 3.54. The van der Waals surface area contributed by atoms with E-state index in [-0.39, 0.29) is 6.10 Å². The highest BCUT2D eigenvalue weighted by Gasteiger charge is 2.18. The third kappa shape index (κ3) is 3.27. The number of morpholine rings is 1. The number of hydrogen-bond donors (Lipinski definition) is 0. The predicted octanol–water partition coefficient (Wildman–Crippen LogP) is 1.15. The van der Waals surface area contributed by atoms with Crippen molar-refractivity contribution in [1.82, 2.24) is 19.4 Å². The number of hydrogen-bond acceptors (Lipinski definition) is 5. The van der Waals surface area contributed by atoms with Gasteiger partial charge in [-0.25, -0.2) is 4.98 Å². The van der Waals surface area contributed by atoms with Gasteiger partial charge in [0.2, 0.25) is 0 Å². The molecule has 0 N–H and O–H groups in total. The average Bonchev–Trinajstić information content (AvgIpc) is 2.96. The Balaban J connectivity index is 1.72. The van der Waals surface area contributed by atoms with Crippen LogP contribution in [-0.4, -0.2) is 52.3 Å². The van der Waals surface area contributed by atoms with Crippen molar-refractivity contribution >= 4 is 0 Å². The molecule has 3 rings (SSSR count). The molecule has 0 bridgehead atoms. The minimum Gasteiger partial charge on any atom is -0.374 e. The molecule has 1 fully saturated rings. The minimum absolute atomic E-state index is 0.184. The van der Waals surface area contributed by atoms with Gasteiger partial charge in [0.1, 0.15) is 5.69 Å². The molecule has 1 saturated heterocycles. The summed E-state index contributed by atoms with van der Waals surface area (Å²) in [4.78, 5) is 10.9. The summed E-state index contributed by atoms with van der Waals surface area (Å²) in [6, 6.07) is 5.55. The number of nitriles is 1. The molecule has 1 unspecified atom stereocenters. The highest BCUT2D eigenvalue weighted by Crippen LogP contribution is 2.16. The molecule has 3 heterocycles. The van der Waals surface area contributed by atoms with Crippen LogP contribution in [0.3, 0.4) is 0 Å². The van der Waals surface area contributed by atoms with Crippen LogP contribution < -0.4 is 0 Å². The molecule has 0 saturated carbocycles. The number of rotatable bonds is 3. The van der Waals surface area contributed by atoms with E-state index in [1.54, 1.807) is 24.7 Å². The van der Waals surface area contributed by atoms with Gasteiger partial charge in [0.25, 0.3) is 0 Å². The first kappa shape index (κ1) is 13.7. The van der Waals surface area contributed by atoms with Crippen LogP contribution in [0.15, 0.2) is 30.9 Å². The van der Waals surface area contributed by atoms with Gasteiger partial charge >= 0.3 is 0 Å². The normalized spacial score (nSPS) is 19.3. The third-order valence-corrected chi connectivity index (χ3v) is 3.54. The fraction of sp³-hybridized carbons (Fsp3) is 0.400. The first-order chi connectivity index (χ1) is 10.2. The molecule has 0 spiro atoms. The molecule has 0 aromatic carbocycles. The summed E-state index contributed by atoms with van der Waals surface area (Å²) in [5.41, 5.74) is 2.08. The number of pyridine rings is 1. The highest BCUT2D eigenvalue weighted by atomic mass is 16.5. The van der Waals surface area contributed by atoms with E-state index in [2.05, 4.69) is 28.0 Å². The van der Waals surface area contributed by atoms with Crippen LogP contribution in [0.5, 0.6) is 0 Å². The Morgan fingerprint density at radius 3 is 3.14 bits per heavy atom. The van der Waals surface area contributed by atoms with Crippen molar-refractivity contribution in [3.05, 3.63) is 36.4 Å². The van der Waals surface area contributed by atoms with Crippen molar-refractivity contribution < 1.29 is 4.74 Å². The second-order valence-corrected chi connectivity index (χ2v) is 5.25. The summed E-state index contributed by atoms with van der Waals surface area (Å²) < 4.78 is 7.77. The minimum atomic E-state index is 0.184. The summed E-state index contributed by atoms with van der Waals surface area (Å²) in [6.45, 7) is 3.45. The Hall–Kier alpha value is -2.23. The van der Waals surface area contributed by atoms with Gasteiger partial charge in [0.15, 0.2) is 0 Å². The smallest absolute Gasteiger partial charge is 0.107 e. The SMILES string of the molecule is CN1CCOC(Cn2cnc(-c3cc(C#N)ccn3)c2)C1. The lowest BCUT2D eigenvalue weighted by Gasteiger charge is -2.30. The van der Waals surface area contributed by atoms with E-state index >= 15 is 0 Å². The lowest BCUT2D eigenvalue weighted by molar-refractivity contribution is -0.0274. The molecular weight excluding hydrogens is 266 g/mol. The Kier molecular flexibility index (Phi) is 3.95. The largest absolute Gasteiger partial charge is 0.374 e. The van der Waals surface area contributed by atoms with Crippen molar-refractivity contribution in [2.75, 3.05) is 26.7 Å². The zero-order valence-electron chi connectivity index (χ0n) is 11.9. The molecule has 0 amide bonds. The molecule has 21 heavy (non-hydrogen) atoms. The number of ether oxygens (including phenoxy) is 1. The number of aromatic nitrogens is 3. The van der Waals surface area contributed by atoms with E-state index in [0.717, 1.165) is 37.6 Å². The van der Waals surface area contributed by atoms with Gasteiger partial charge in [-0.05, 0) is 19.2 Å². The van der Waals surface area contributed by atoms with Crippen molar-refractivity contribution in [2.45, 2.75) is 12.6 Å². The fourth-order valence-corrected chi connectivity index (χ4v) is 2.44. The highest BCUT2D eigenvalue weighted by molar-refractivity contribution is 5.55. The van der Waals surface area contributed by atoms with Crippen molar-refractivity contribution in [1.29, 1.82) is 5.26 Å². The second-order valence-electron chi connectivity index (χ2n) is 5.25. The van der Waals surface area contributed by atoms with Gasteiger partial charge in [0.05, 0.1) is 42.9 Å². The quantitative estimate of drug-likeness (QED) is 0.845. The Morgan fingerprint density at radius 1 is 1.43 bits per heavy atom. The molecular formula is C15H17N5O. The Labute approximate surface area is 123 Å². The monoisotopic (exact) mass is 283 g/mol. The molecule has 2 aromatic rings. The summed E-state index contributed by atoms with van der Waals surface area (Å²) in [5.74, 6) is 0. The first-order valence-electron chi connectivity index (χ1n) is 6.93. The Bertz CT molecular complexity index is 660. The summed E-state index contributed by atoms with van der Waals surface area (Å²) in [7, 11) is 2.10. The zero-order chi connectivity index (χ0) is 14.7. The summed E-state index contributed by atoms with van der Waals surface area (Å²) in [5, 5.41) is 8.93. The van der Waals surface area contributed by atoms with Crippen LogP contribution in [0.1, 0.15) is 5.56 Å². The molecule has 1 aliphatic heterocycles. The molecule has 108 valence electrons. The van der Waals surface area contributed by atoms with E-state index in [4.69, 9.17) is 10.00 Å². The van der Waals surface area contributed by atoms with Crippen LogP contribution >= 0.6 is 0 Å². The molecule has 2 aromatic heterocycles. The van der Waals surface area contributed by atoms with Crippen LogP contribution in [0.25, 0.3) is 11.4 Å². The van der Waals surface area contributed by atoms with E-state index in [1.165, 1.54) is 0 Å². The fourth-order valence-electron chi connectivity index (χ4n) is 2.44. The van der Waals surface area contributed by atoms with Gasteiger partial charge in [-0.3, -0.25) is 4.98 Å². The van der Waals surface area contributed by atoms with Gasteiger partial charge in [-0.15, -0.1) is 0 Å². The summed E-state index contributed by atoms with van der Waals surface area (Å²) in [6.07, 6.45) is 5.55. The van der Waals surface area contributed by atoms with Crippen LogP contribution in [-0.2, 0) is 11.3 Å². The molecule has 0 radical (unpaired) electrons. The standard InChI is InChI=1S/C15H17N5O/c1-19-4-5-21-13(8-19)9-20-10-15(18-11-20)14-6-12(7-16)2-3-17-14/h2-3,6,10-11,13H,4-5,8-9H2,1H3. The number of nitrogens with zero attached hydrogens (tertiary/aromatic N) is 5. The second kappa shape index (κ2) is 6.04. The van der Waals surface area contributed by atoms with Gasteiger partial charge in [0, 0.05) is 25.5 Å². The topological polar surface area (TPSA) is 67.0 Å². The lowest BCUT2D eigenvalue weighted by Crippen LogP contribution is -2.41. The van der Waals surface area contributed by atoms with Gasteiger partial charge in [-0.2, -0.15) is 5.26 Å². The van der Waals surface area contributed by atoms with Crippen LogP contribution in [0.4, 0.5) is 0 Å². The van der Waals surface area contributed by atoms with E-state index < -0.39 is 0 Å².